The maximum atomic E-state index is 5.71. The van der Waals surface area contributed by atoms with E-state index in [1.54, 1.807) is 0 Å². The molecule has 0 bridgehead atoms. The lowest BCUT2D eigenvalue weighted by molar-refractivity contribution is 0.268. The van der Waals surface area contributed by atoms with Crippen LogP contribution in [0, 0.1) is 0 Å². The molecule has 0 aliphatic carbocycles. The summed E-state index contributed by atoms with van der Waals surface area (Å²) in [6, 6.07) is 0.262. The number of nitrogens with zero attached hydrogens (tertiary/aromatic N) is 2. The van der Waals surface area contributed by atoms with Crippen LogP contribution in [0.4, 0.5) is 5.82 Å². The van der Waals surface area contributed by atoms with Gasteiger partial charge in [-0.05, 0) is 12.8 Å². The van der Waals surface area contributed by atoms with E-state index in [-0.39, 0.29) is 6.01 Å². The van der Waals surface area contributed by atoms with Crippen molar-refractivity contribution >= 4 is 5.82 Å². The first-order valence-electron chi connectivity index (χ1n) is 4.14. The van der Waals surface area contributed by atoms with Gasteiger partial charge in [-0.2, -0.15) is 9.97 Å². The Hall–Kier alpha value is -1.52. The number of nitrogen functional groups attached to an aromatic ring is 1. The Bertz CT molecular complexity index is 327. The molecule has 1 aliphatic heterocycles. The predicted octanol–water partition coefficient (Wildman–Crippen LogP) is 0.392. The van der Waals surface area contributed by atoms with E-state index in [4.69, 9.17) is 15.2 Å². The quantitative estimate of drug-likeness (QED) is 0.678. The normalized spacial score (nSPS) is 14.5. The number of hydrogen-bond donors (Lipinski definition) is 1. The summed E-state index contributed by atoms with van der Waals surface area (Å²) in [5.74, 6) is 1.03. The standard InChI is InChI=1S/C8H11N3O2/c1-12-8-10-6(9)5-3-2-4-13-7(5)11-8/h2-4H2,1H3,(H2,9,10,11). The first-order chi connectivity index (χ1) is 6.31. The van der Waals surface area contributed by atoms with Gasteiger partial charge in [-0.25, -0.2) is 0 Å². The molecule has 0 spiro atoms. The number of hydrogen-bond acceptors (Lipinski definition) is 5. The summed E-state index contributed by atoms with van der Waals surface area (Å²) in [6.07, 6.45) is 1.85. The van der Waals surface area contributed by atoms with Crippen molar-refractivity contribution < 1.29 is 9.47 Å². The van der Waals surface area contributed by atoms with Crippen molar-refractivity contribution in [2.75, 3.05) is 19.5 Å². The van der Waals surface area contributed by atoms with E-state index in [9.17, 15) is 0 Å². The molecule has 2 rings (SSSR count). The number of anilines is 1. The molecule has 0 atom stereocenters. The van der Waals surface area contributed by atoms with E-state index in [1.165, 1.54) is 7.11 Å². The Morgan fingerprint density at radius 2 is 2.31 bits per heavy atom. The minimum Gasteiger partial charge on any atom is -0.477 e. The van der Waals surface area contributed by atoms with Crippen LogP contribution in [0.1, 0.15) is 12.0 Å². The highest BCUT2D eigenvalue weighted by Crippen LogP contribution is 2.27. The number of fused-ring (bicyclic) bond motifs is 1. The van der Waals surface area contributed by atoms with Crippen molar-refractivity contribution in [3.05, 3.63) is 5.56 Å². The number of nitrogens with two attached hydrogens (primary N) is 1. The van der Waals surface area contributed by atoms with Gasteiger partial charge in [0.15, 0.2) is 0 Å². The van der Waals surface area contributed by atoms with Crippen LogP contribution in [0.15, 0.2) is 0 Å². The number of methoxy groups -OCH3 is 1. The van der Waals surface area contributed by atoms with E-state index in [0.717, 1.165) is 18.4 Å². The molecule has 2 heterocycles. The number of rotatable bonds is 1. The van der Waals surface area contributed by atoms with Gasteiger partial charge in [0.1, 0.15) is 5.82 Å². The SMILES string of the molecule is COc1nc(N)c2c(n1)OCCC2. The van der Waals surface area contributed by atoms with E-state index in [0.29, 0.717) is 18.3 Å². The molecule has 0 amide bonds. The molecule has 0 saturated carbocycles. The molecule has 13 heavy (non-hydrogen) atoms. The lowest BCUT2D eigenvalue weighted by Gasteiger charge is -2.17. The highest BCUT2D eigenvalue weighted by Gasteiger charge is 2.17. The van der Waals surface area contributed by atoms with Crippen LogP contribution < -0.4 is 15.2 Å². The minimum atomic E-state index is 0.262. The molecule has 1 aliphatic rings. The third kappa shape index (κ3) is 1.37. The van der Waals surface area contributed by atoms with Crippen LogP contribution in [0.5, 0.6) is 11.9 Å². The molecule has 0 saturated heterocycles. The zero-order valence-electron chi connectivity index (χ0n) is 7.41. The van der Waals surface area contributed by atoms with Crippen molar-refractivity contribution in [1.82, 2.24) is 9.97 Å². The molecule has 0 unspecified atom stereocenters. The molecule has 0 radical (unpaired) electrons. The second kappa shape index (κ2) is 3.08. The Balaban J connectivity index is 2.47. The topological polar surface area (TPSA) is 70.3 Å². The fraction of sp³-hybridized carbons (Fsp3) is 0.500. The summed E-state index contributed by atoms with van der Waals surface area (Å²) in [4.78, 5) is 8.03. The van der Waals surface area contributed by atoms with E-state index in [1.807, 2.05) is 0 Å². The third-order valence-electron chi connectivity index (χ3n) is 1.97. The molecule has 1 aromatic heterocycles. The summed E-state index contributed by atoms with van der Waals surface area (Å²) >= 11 is 0. The first kappa shape index (κ1) is 8.10. The van der Waals surface area contributed by atoms with Crippen molar-refractivity contribution in [2.45, 2.75) is 12.8 Å². The Labute approximate surface area is 75.9 Å². The maximum absolute atomic E-state index is 5.71. The van der Waals surface area contributed by atoms with Crippen molar-refractivity contribution in [3.8, 4) is 11.9 Å². The van der Waals surface area contributed by atoms with Crippen LogP contribution in [-0.2, 0) is 6.42 Å². The van der Waals surface area contributed by atoms with E-state index in [2.05, 4.69) is 9.97 Å². The molecular formula is C8H11N3O2. The molecule has 0 fully saturated rings. The van der Waals surface area contributed by atoms with Crippen molar-refractivity contribution in [1.29, 1.82) is 0 Å². The van der Waals surface area contributed by atoms with Crippen molar-refractivity contribution in [2.24, 2.45) is 0 Å². The predicted molar refractivity (Wildman–Crippen MR) is 46.8 cm³/mol. The molecule has 0 aromatic carbocycles. The van der Waals surface area contributed by atoms with Gasteiger partial charge in [0, 0.05) is 0 Å². The molecule has 2 N–H and O–H groups in total. The highest BCUT2D eigenvalue weighted by molar-refractivity contribution is 5.47. The van der Waals surface area contributed by atoms with Crippen LogP contribution in [0.25, 0.3) is 0 Å². The lowest BCUT2D eigenvalue weighted by Crippen LogP contribution is -2.14. The van der Waals surface area contributed by atoms with Gasteiger partial charge in [-0.15, -0.1) is 0 Å². The Morgan fingerprint density at radius 1 is 1.46 bits per heavy atom. The minimum absolute atomic E-state index is 0.262. The highest BCUT2D eigenvalue weighted by atomic mass is 16.5. The molecule has 70 valence electrons. The van der Waals surface area contributed by atoms with Gasteiger partial charge >= 0.3 is 6.01 Å². The molecular weight excluding hydrogens is 170 g/mol. The van der Waals surface area contributed by atoms with Gasteiger partial charge in [0.25, 0.3) is 0 Å². The summed E-state index contributed by atoms with van der Waals surface area (Å²) in [5, 5.41) is 0. The van der Waals surface area contributed by atoms with Crippen LogP contribution >= 0.6 is 0 Å². The average molecular weight is 181 g/mol. The van der Waals surface area contributed by atoms with Gasteiger partial charge in [0.2, 0.25) is 5.88 Å². The second-order valence-corrected chi connectivity index (χ2v) is 2.83. The zero-order valence-corrected chi connectivity index (χ0v) is 7.41. The summed E-state index contributed by atoms with van der Waals surface area (Å²) in [7, 11) is 1.50. The Morgan fingerprint density at radius 3 is 3.08 bits per heavy atom. The van der Waals surface area contributed by atoms with Crippen LogP contribution in [0.3, 0.4) is 0 Å². The second-order valence-electron chi connectivity index (χ2n) is 2.83. The van der Waals surface area contributed by atoms with Gasteiger partial charge in [-0.3, -0.25) is 0 Å². The largest absolute Gasteiger partial charge is 0.477 e. The number of aromatic nitrogens is 2. The molecule has 5 heteroatoms. The van der Waals surface area contributed by atoms with Crippen LogP contribution in [-0.4, -0.2) is 23.7 Å². The number of ether oxygens (including phenoxy) is 2. The summed E-state index contributed by atoms with van der Waals surface area (Å²) in [5.41, 5.74) is 6.60. The lowest BCUT2D eigenvalue weighted by atomic mass is 10.1. The molecule has 5 nitrogen and oxygen atoms in total. The maximum Gasteiger partial charge on any atom is 0.321 e. The first-order valence-corrected chi connectivity index (χ1v) is 4.14. The summed E-state index contributed by atoms with van der Waals surface area (Å²) < 4.78 is 10.2. The fourth-order valence-electron chi connectivity index (χ4n) is 1.32. The van der Waals surface area contributed by atoms with E-state index < -0.39 is 0 Å². The smallest absolute Gasteiger partial charge is 0.321 e. The zero-order chi connectivity index (χ0) is 9.26. The van der Waals surface area contributed by atoms with Gasteiger partial charge < -0.3 is 15.2 Å². The Kier molecular flexibility index (Phi) is 1.92. The van der Waals surface area contributed by atoms with Crippen LogP contribution in [0.2, 0.25) is 0 Å². The fourth-order valence-corrected chi connectivity index (χ4v) is 1.32. The van der Waals surface area contributed by atoms with Crippen molar-refractivity contribution in [3.63, 3.8) is 0 Å². The third-order valence-corrected chi connectivity index (χ3v) is 1.97. The molecule has 1 aromatic rings. The van der Waals surface area contributed by atoms with Gasteiger partial charge in [0.05, 0.1) is 19.3 Å². The average Bonchev–Trinajstić information content (AvgIpc) is 2.18. The van der Waals surface area contributed by atoms with Gasteiger partial charge in [-0.1, -0.05) is 0 Å². The summed E-state index contributed by atoms with van der Waals surface area (Å²) in [6.45, 7) is 0.687. The monoisotopic (exact) mass is 181 g/mol. The van der Waals surface area contributed by atoms with E-state index >= 15 is 0 Å².